The van der Waals surface area contributed by atoms with Gasteiger partial charge in [-0.1, -0.05) is 38.1 Å². The van der Waals surface area contributed by atoms with Gasteiger partial charge in [0.15, 0.2) is 6.29 Å². The van der Waals surface area contributed by atoms with Crippen LogP contribution in [-0.4, -0.2) is 21.4 Å². The van der Waals surface area contributed by atoms with Crippen LogP contribution in [0.5, 0.6) is 5.75 Å². The molecule has 130 valence electrons. The van der Waals surface area contributed by atoms with Crippen molar-refractivity contribution in [1.82, 2.24) is 9.97 Å². The number of para-hydroxylation sites is 1. The largest absolute Gasteiger partial charge is 0.507 e. The average molecular weight is 344 g/mol. The third-order valence-electron chi connectivity index (χ3n) is 4.12. The van der Waals surface area contributed by atoms with Crippen LogP contribution in [0.25, 0.3) is 33.3 Å². The lowest BCUT2D eigenvalue weighted by molar-refractivity contribution is 0.112. The maximum atomic E-state index is 11.1. The fraction of sp³-hybridized carbons (Fsp3) is 0.0909. The van der Waals surface area contributed by atoms with E-state index >= 15 is 0 Å². The van der Waals surface area contributed by atoms with Gasteiger partial charge >= 0.3 is 0 Å². The number of aldehydes is 1. The Morgan fingerprint density at radius 2 is 1.77 bits per heavy atom. The molecule has 0 unspecified atom stereocenters. The van der Waals surface area contributed by atoms with Crippen molar-refractivity contribution in [3.63, 3.8) is 0 Å². The quantitative estimate of drug-likeness (QED) is 0.486. The maximum absolute atomic E-state index is 11.1. The molecule has 0 spiro atoms. The van der Waals surface area contributed by atoms with Gasteiger partial charge in [-0.05, 0) is 35.9 Å². The zero-order valence-corrected chi connectivity index (χ0v) is 14.7. The van der Waals surface area contributed by atoms with Crippen molar-refractivity contribution in [2.24, 2.45) is 0 Å². The topological polar surface area (TPSA) is 66.0 Å². The number of benzene rings is 2. The molecular weight excluding hydrogens is 324 g/mol. The van der Waals surface area contributed by atoms with Gasteiger partial charge in [0, 0.05) is 40.0 Å². The lowest BCUT2D eigenvalue weighted by Gasteiger charge is -2.06. The Morgan fingerprint density at radius 3 is 2.46 bits per heavy atom. The van der Waals surface area contributed by atoms with E-state index in [2.05, 4.69) is 9.97 Å². The fourth-order valence-corrected chi connectivity index (χ4v) is 2.83. The van der Waals surface area contributed by atoms with Gasteiger partial charge in [0.25, 0.3) is 0 Å². The summed E-state index contributed by atoms with van der Waals surface area (Å²) in [6.07, 6.45) is 4.33. The number of carbonyl (C=O) groups excluding carboxylic acids is 1. The summed E-state index contributed by atoms with van der Waals surface area (Å²) in [6.45, 7) is 4.00. The Balaban J connectivity index is 0.000000948. The molecule has 0 saturated heterocycles. The normalized spacial score (nSPS) is 10.2. The Kier molecular flexibility index (Phi) is 5.13. The number of phenolic OH excluding ortho intramolecular Hbond substituents is 1. The molecule has 26 heavy (non-hydrogen) atoms. The molecule has 0 radical (unpaired) electrons. The fourth-order valence-electron chi connectivity index (χ4n) is 2.83. The molecule has 0 fully saturated rings. The second kappa shape index (κ2) is 7.66. The number of aromatic hydroxyl groups is 1. The molecular formula is C22H20N2O2. The molecule has 4 rings (SSSR count). The number of nitrogens with zero attached hydrogens (tertiary/aromatic N) is 1. The first-order chi connectivity index (χ1) is 12.8. The van der Waals surface area contributed by atoms with E-state index in [1.165, 1.54) is 0 Å². The Hall–Kier alpha value is -3.40. The van der Waals surface area contributed by atoms with Crippen LogP contribution in [0.3, 0.4) is 0 Å². The maximum Gasteiger partial charge on any atom is 0.152 e. The minimum atomic E-state index is 0.210. The van der Waals surface area contributed by atoms with Crippen LogP contribution < -0.4 is 0 Å². The first-order valence-corrected chi connectivity index (χ1v) is 8.57. The number of pyridine rings is 1. The lowest BCUT2D eigenvalue weighted by Crippen LogP contribution is -1.86. The van der Waals surface area contributed by atoms with E-state index in [1.807, 2.05) is 56.3 Å². The summed E-state index contributed by atoms with van der Waals surface area (Å²) in [6, 6.07) is 16.9. The summed E-state index contributed by atoms with van der Waals surface area (Å²) in [5.74, 6) is 0.210. The summed E-state index contributed by atoms with van der Waals surface area (Å²) in [5, 5.41) is 10.8. The van der Waals surface area contributed by atoms with Crippen LogP contribution in [-0.2, 0) is 0 Å². The first kappa shape index (κ1) is 17.4. The number of aromatic nitrogens is 2. The zero-order chi connectivity index (χ0) is 18.5. The van der Waals surface area contributed by atoms with Crippen LogP contribution in [0.1, 0.15) is 24.2 Å². The third kappa shape index (κ3) is 3.22. The van der Waals surface area contributed by atoms with Crippen molar-refractivity contribution in [3.05, 3.63) is 72.6 Å². The first-order valence-electron chi connectivity index (χ1n) is 8.57. The number of hydrogen-bond donors (Lipinski definition) is 2. The number of nitrogens with one attached hydrogen (secondary N) is 1. The van der Waals surface area contributed by atoms with E-state index in [0.717, 1.165) is 28.3 Å². The minimum Gasteiger partial charge on any atom is -0.507 e. The Bertz CT molecular complexity index is 1030. The standard InChI is InChI=1S/C20H14N2O2.C2H6/c23-12-15-11-22-19-7-5-13(9-17(15)19)14-6-8-18(21-10-14)16-3-1-2-4-20(16)24;1-2/h1-12,22,24H;1-2H3. The highest BCUT2D eigenvalue weighted by atomic mass is 16.3. The lowest BCUT2D eigenvalue weighted by atomic mass is 10.0. The van der Waals surface area contributed by atoms with E-state index in [0.29, 0.717) is 16.8 Å². The van der Waals surface area contributed by atoms with E-state index in [4.69, 9.17) is 0 Å². The average Bonchev–Trinajstić information content (AvgIpc) is 3.12. The molecule has 2 aromatic heterocycles. The van der Waals surface area contributed by atoms with E-state index in [1.54, 1.807) is 24.5 Å². The molecule has 4 heteroatoms. The number of fused-ring (bicyclic) bond motifs is 1. The van der Waals surface area contributed by atoms with Crippen LogP contribution in [0.15, 0.2) is 67.0 Å². The highest BCUT2D eigenvalue weighted by molar-refractivity contribution is 5.99. The SMILES string of the molecule is CC.O=Cc1c[nH]c2ccc(-c3ccc(-c4ccccc4O)nc3)cc12. The number of aromatic amines is 1. The third-order valence-corrected chi connectivity index (χ3v) is 4.12. The van der Waals surface area contributed by atoms with E-state index in [9.17, 15) is 9.90 Å². The highest BCUT2D eigenvalue weighted by Crippen LogP contribution is 2.30. The molecule has 0 saturated carbocycles. The number of carbonyl (C=O) groups is 1. The van der Waals surface area contributed by atoms with Crippen molar-refractivity contribution in [1.29, 1.82) is 0 Å². The molecule has 0 aliphatic rings. The van der Waals surface area contributed by atoms with Crippen LogP contribution in [0, 0.1) is 0 Å². The summed E-state index contributed by atoms with van der Waals surface area (Å²) in [7, 11) is 0. The molecule has 0 bridgehead atoms. The number of phenols is 1. The van der Waals surface area contributed by atoms with Gasteiger partial charge in [-0.3, -0.25) is 9.78 Å². The molecule has 0 atom stereocenters. The zero-order valence-electron chi connectivity index (χ0n) is 14.7. The smallest absolute Gasteiger partial charge is 0.152 e. The van der Waals surface area contributed by atoms with Gasteiger partial charge in [-0.25, -0.2) is 0 Å². The van der Waals surface area contributed by atoms with Crippen LogP contribution >= 0.6 is 0 Å². The van der Waals surface area contributed by atoms with Crippen molar-refractivity contribution in [3.8, 4) is 28.1 Å². The predicted octanol–water partition coefficient (Wildman–Crippen LogP) is 5.44. The molecule has 2 N–H and O–H groups in total. The number of H-pyrrole nitrogens is 1. The molecule has 0 aliphatic heterocycles. The van der Waals surface area contributed by atoms with Gasteiger partial charge in [0.2, 0.25) is 0 Å². The predicted molar refractivity (Wildman–Crippen MR) is 105 cm³/mol. The van der Waals surface area contributed by atoms with Gasteiger partial charge in [0.1, 0.15) is 5.75 Å². The monoisotopic (exact) mass is 344 g/mol. The second-order valence-corrected chi connectivity index (χ2v) is 5.57. The minimum absolute atomic E-state index is 0.210. The number of rotatable bonds is 3. The number of hydrogen-bond acceptors (Lipinski definition) is 3. The Morgan fingerprint density at radius 1 is 1.00 bits per heavy atom. The van der Waals surface area contributed by atoms with Gasteiger partial charge in [-0.2, -0.15) is 0 Å². The summed E-state index contributed by atoms with van der Waals surface area (Å²) < 4.78 is 0. The summed E-state index contributed by atoms with van der Waals surface area (Å²) in [4.78, 5) is 18.6. The molecule has 2 heterocycles. The van der Waals surface area contributed by atoms with E-state index < -0.39 is 0 Å². The summed E-state index contributed by atoms with van der Waals surface area (Å²) >= 11 is 0. The summed E-state index contributed by atoms with van der Waals surface area (Å²) in [5.41, 5.74) is 4.93. The molecule has 2 aromatic carbocycles. The van der Waals surface area contributed by atoms with Crippen molar-refractivity contribution < 1.29 is 9.90 Å². The second-order valence-electron chi connectivity index (χ2n) is 5.57. The Labute approximate surface area is 152 Å². The molecule has 4 nitrogen and oxygen atoms in total. The molecule has 0 amide bonds. The van der Waals surface area contributed by atoms with Gasteiger partial charge in [-0.15, -0.1) is 0 Å². The molecule has 4 aromatic rings. The van der Waals surface area contributed by atoms with Gasteiger partial charge < -0.3 is 10.1 Å². The van der Waals surface area contributed by atoms with E-state index in [-0.39, 0.29) is 5.75 Å². The van der Waals surface area contributed by atoms with Crippen LogP contribution in [0.4, 0.5) is 0 Å². The van der Waals surface area contributed by atoms with Gasteiger partial charge in [0.05, 0.1) is 5.69 Å². The van der Waals surface area contributed by atoms with Crippen molar-refractivity contribution in [2.45, 2.75) is 13.8 Å². The van der Waals surface area contributed by atoms with Crippen molar-refractivity contribution >= 4 is 17.2 Å². The van der Waals surface area contributed by atoms with Crippen molar-refractivity contribution in [2.75, 3.05) is 0 Å². The van der Waals surface area contributed by atoms with Crippen LogP contribution in [0.2, 0.25) is 0 Å². The molecule has 0 aliphatic carbocycles. The highest BCUT2D eigenvalue weighted by Gasteiger charge is 2.08.